The summed E-state index contributed by atoms with van der Waals surface area (Å²) >= 11 is 2.18. The second-order valence-electron chi connectivity index (χ2n) is 9.02. The van der Waals surface area contributed by atoms with Gasteiger partial charge in [-0.1, -0.05) is 31.4 Å². The van der Waals surface area contributed by atoms with Crippen molar-refractivity contribution in [1.82, 2.24) is 14.6 Å². The van der Waals surface area contributed by atoms with Gasteiger partial charge in [0.2, 0.25) is 12.7 Å². The SMILES string of the molecule is NC(=O)c1nsc(C(=O)N(Cc2ccc3c(c2)OCO3)[C@@H](C(=O)NC2CCCCC2)c2cccs2)c1N. The third kappa shape index (κ3) is 5.25. The van der Waals surface area contributed by atoms with Crippen LogP contribution in [0.5, 0.6) is 11.5 Å². The van der Waals surface area contributed by atoms with Gasteiger partial charge in [0.1, 0.15) is 10.9 Å². The molecule has 0 bridgehead atoms. The minimum absolute atomic E-state index is 0.0566. The number of ether oxygens (including phenoxy) is 2. The summed E-state index contributed by atoms with van der Waals surface area (Å²) < 4.78 is 14.9. The fourth-order valence-electron chi connectivity index (χ4n) is 4.67. The van der Waals surface area contributed by atoms with Crippen LogP contribution in [0.4, 0.5) is 5.69 Å². The Kier molecular flexibility index (Phi) is 7.28. The van der Waals surface area contributed by atoms with Crippen molar-refractivity contribution in [3.63, 3.8) is 0 Å². The van der Waals surface area contributed by atoms with Crippen molar-refractivity contribution in [2.24, 2.45) is 5.73 Å². The fraction of sp³-hybridized carbons (Fsp3) is 0.360. The Labute approximate surface area is 221 Å². The van der Waals surface area contributed by atoms with Crippen molar-refractivity contribution in [2.45, 2.75) is 50.7 Å². The molecule has 1 atom stereocenters. The molecule has 1 fully saturated rings. The van der Waals surface area contributed by atoms with E-state index in [1.807, 2.05) is 23.6 Å². The van der Waals surface area contributed by atoms with Crippen LogP contribution in [-0.4, -0.2) is 39.8 Å². The van der Waals surface area contributed by atoms with Gasteiger partial charge in [0.05, 0.1) is 5.69 Å². The van der Waals surface area contributed by atoms with E-state index < -0.39 is 17.9 Å². The maximum absolute atomic E-state index is 14.0. The monoisotopic (exact) mass is 541 g/mol. The van der Waals surface area contributed by atoms with E-state index in [4.69, 9.17) is 20.9 Å². The molecule has 3 heterocycles. The number of carbonyl (C=O) groups is 3. The first kappa shape index (κ1) is 25.0. The molecule has 2 aromatic heterocycles. The number of fused-ring (bicyclic) bond motifs is 1. The van der Waals surface area contributed by atoms with E-state index in [1.165, 1.54) is 16.2 Å². The van der Waals surface area contributed by atoms with Crippen LogP contribution < -0.4 is 26.3 Å². The van der Waals surface area contributed by atoms with E-state index in [-0.39, 0.29) is 41.5 Å². The number of carbonyl (C=O) groups excluding carboxylic acids is 3. The Morgan fingerprint density at radius 2 is 1.92 bits per heavy atom. The van der Waals surface area contributed by atoms with Gasteiger partial charge in [-0.2, -0.15) is 4.37 Å². The number of anilines is 1. The summed E-state index contributed by atoms with van der Waals surface area (Å²) in [6.45, 7) is 0.204. The van der Waals surface area contributed by atoms with Gasteiger partial charge in [-0.15, -0.1) is 11.3 Å². The normalized spacial score (nSPS) is 15.8. The number of aromatic nitrogens is 1. The van der Waals surface area contributed by atoms with Crippen LogP contribution >= 0.6 is 22.9 Å². The molecule has 3 aromatic rings. The largest absolute Gasteiger partial charge is 0.454 e. The van der Waals surface area contributed by atoms with Crippen LogP contribution in [0, 0.1) is 0 Å². The molecule has 1 aliphatic heterocycles. The van der Waals surface area contributed by atoms with E-state index in [0.29, 0.717) is 16.4 Å². The molecule has 10 nitrogen and oxygen atoms in total. The molecule has 2 aliphatic rings. The summed E-state index contributed by atoms with van der Waals surface area (Å²) in [6.07, 6.45) is 5.08. The maximum atomic E-state index is 14.0. The van der Waals surface area contributed by atoms with Gasteiger partial charge in [0.25, 0.3) is 11.8 Å². The van der Waals surface area contributed by atoms with Crippen LogP contribution in [0.25, 0.3) is 0 Å². The summed E-state index contributed by atoms with van der Waals surface area (Å²) in [7, 11) is 0. The molecule has 1 saturated carbocycles. The number of primary amides is 1. The zero-order valence-electron chi connectivity index (χ0n) is 20.0. The second-order valence-corrected chi connectivity index (χ2v) is 10.8. The van der Waals surface area contributed by atoms with Gasteiger partial charge in [-0.25, -0.2) is 0 Å². The molecule has 3 amide bonds. The van der Waals surface area contributed by atoms with E-state index in [9.17, 15) is 14.4 Å². The molecule has 0 radical (unpaired) electrons. The molecule has 194 valence electrons. The van der Waals surface area contributed by atoms with E-state index in [1.54, 1.807) is 12.1 Å². The number of rotatable bonds is 8. The van der Waals surface area contributed by atoms with Crippen molar-refractivity contribution in [2.75, 3.05) is 12.5 Å². The number of nitrogens with two attached hydrogens (primary N) is 2. The fourth-order valence-corrected chi connectivity index (χ4v) is 6.27. The van der Waals surface area contributed by atoms with Crippen molar-refractivity contribution in [3.05, 3.63) is 56.7 Å². The third-order valence-electron chi connectivity index (χ3n) is 6.53. The van der Waals surface area contributed by atoms with Gasteiger partial charge < -0.3 is 31.2 Å². The van der Waals surface area contributed by atoms with Gasteiger partial charge in [0.15, 0.2) is 17.2 Å². The number of nitrogens with one attached hydrogen (secondary N) is 1. The lowest BCUT2D eigenvalue weighted by Gasteiger charge is -2.32. The van der Waals surface area contributed by atoms with Gasteiger partial charge in [0, 0.05) is 17.5 Å². The number of thiophene rings is 1. The van der Waals surface area contributed by atoms with Crippen LogP contribution in [0.3, 0.4) is 0 Å². The van der Waals surface area contributed by atoms with E-state index >= 15 is 0 Å². The second kappa shape index (κ2) is 10.8. The first-order valence-electron chi connectivity index (χ1n) is 12.0. The summed E-state index contributed by atoms with van der Waals surface area (Å²) in [6, 6.07) is 8.20. The standard InChI is InChI=1S/C25H27N5O5S2/c26-19-20(23(27)31)29-37-22(19)25(33)30(12-14-8-9-16-17(11-14)35-13-34-16)21(18-7-4-10-36-18)24(32)28-15-5-2-1-3-6-15/h4,7-11,15,21H,1-3,5-6,12-13,26H2,(H2,27,31)(H,28,32)/t21-/m1/s1. The third-order valence-corrected chi connectivity index (χ3v) is 8.31. The molecular formula is C25H27N5O5S2. The first-order valence-corrected chi connectivity index (χ1v) is 13.7. The lowest BCUT2D eigenvalue weighted by atomic mass is 9.95. The van der Waals surface area contributed by atoms with Crippen LogP contribution in [-0.2, 0) is 11.3 Å². The first-order chi connectivity index (χ1) is 17.9. The maximum Gasteiger partial charge on any atom is 0.270 e. The minimum atomic E-state index is -0.918. The molecule has 5 rings (SSSR count). The number of nitrogens with zero attached hydrogens (tertiary/aromatic N) is 2. The zero-order chi connectivity index (χ0) is 25.9. The molecule has 0 spiro atoms. The Bertz CT molecular complexity index is 1300. The summed E-state index contributed by atoms with van der Waals surface area (Å²) in [5, 5.41) is 5.04. The molecule has 5 N–H and O–H groups in total. The highest BCUT2D eigenvalue weighted by Gasteiger charge is 2.36. The van der Waals surface area contributed by atoms with E-state index in [2.05, 4.69) is 9.69 Å². The highest BCUT2D eigenvalue weighted by atomic mass is 32.1. The summed E-state index contributed by atoms with van der Waals surface area (Å²) in [5.41, 5.74) is 12.0. The van der Waals surface area contributed by atoms with Crippen LogP contribution in [0.1, 0.15) is 68.7 Å². The van der Waals surface area contributed by atoms with Crippen LogP contribution in [0.15, 0.2) is 35.7 Å². The van der Waals surface area contributed by atoms with Gasteiger partial charge >= 0.3 is 0 Å². The summed E-state index contributed by atoms with van der Waals surface area (Å²) in [4.78, 5) is 41.8. The number of amides is 3. The van der Waals surface area contributed by atoms with E-state index in [0.717, 1.165) is 49.2 Å². The smallest absolute Gasteiger partial charge is 0.270 e. The molecule has 1 aliphatic carbocycles. The topological polar surface area (TPSA) is 150 Å². The Balaban J connectivity index is 1.53. The van der Waals surface area contributed by atoms with Crippen LogP contribution in [0.2, 0.25) is 0 Å². The van der Waals surface area contributed by atoms with Gasteiger partial charge in [-0.3, -0.25) is 14.4 Å². The number of hydrogen-bond acceptors (Lipinski definition) is 9. The molecule has 37 heavy (non-hydrogen) atoms. The van der Waals surface area contributed by atoms with Gasteiger partial charge in [-0.05, 0) is 53.5 Å². The Morgan fingerprint density at radius 3 is 2.62 bits per heavy atom. The minimum Gasteiger partial charge on any atom is -0.454 e. The molecule has 12 heteroatoms. The predicted octanol–water partition coefficient (Wildman–Crippen LogP) is 3.45. The highest BCUT2D eigenvalue weighted by molar-refractivity contribution is 7.10. The predicted molar refractivity (Wildman–Crippen MR) is 140 cm³/mol. The Morgan fingerprint density at radius 1 is 1.14 bits per heavy atom. The van der Waals surface area contributed by atoms with Crippen molar-refractivity contribution < 1.29 is 23.9 Å². The number of benzene rings is 1. The Hall–Kier alpha value is -3.64. The number of hydrogen-bond donors (Lipinski definition) is 3. The molecular weight excluding hydrogens is 514 g/mol. The molecule has 0 saturated heterocycles. The number of nitrogen functional groups attached to an aromatic ring is 1. The molecule has 1 aromatic carbocycles. The average Bonchev–Trinajstić information content (AvgIpc) is 3.65. The van der Waals surface area contributed by atoms with Crippen molar-refractivity contribution in [1.29, 1.82) is 0 Å². The zero-order valence-corrected chi connectivity index (χ0v) is 21.6. The lowest BCUT2D eigenvalue weighted by Crippen LogP contribution is -2.46. The molecule has 0 unspecified atom stereocenters. The lowest BCUT2D eigenvalue weighted by molar-refractivity contribution is -0.127. The van der Waals surface area contributed by atoms with Crippen molar-refractivity contribution in [3.8, 4) is 11.5 Å². The van der Waals surface area contributed by atoms with Crippen molar-refractivity contribution >= 4 is 46.3 Å². The summed E-state index contributed by atoms with van der Waals surface area (Å²) in [5.74, 6) is -0.416. The highest BCUT2D eigenvalue weighted by Crippen LogP contribution is 2.36. The quantitative estimate of drug-likeness (QED) is 0.395. The average molecular weight is 542 g/mol.